The molecular weight excluding hydrogens is 243 g/mol. The lowest BCUT2D eigenvalue weighted by Crippen LogP contribution is -2.34. The number of rotatable bonds is 7. The van der Waals surface area contributed by atoms with Crippen molar-refractivity contribution in [3.63, 3.8) is 0 Å². The minimum Gasteiger partial charge on any atom is -0.351 e. The van der Waals surface area contributed by atoms with E-state index in [-0.39, 0.29) is 11.7 Å². The lowest BCUT2D eigenvalue weighted by molar-refractivity contribution is -0.116. The van der Waals surface area contributed by atoms with Crippen molar-refractivity contribution in [3.8, 4) is 0 Å². The van der Waals surface area contributed by atoms with Crippen molar-refractivity contribution in [1.29, 1.82) is 0 Å². The Hall–Kier alpha value is -1.68. The Morgan fingerprint density at radius 3 is 2.47 bits per heavy atom. The van der Waals surface area contributed by atoms with Gasteiger partial charge in [-0.25, -0.2) is 4.39 Å². The number of nitrogens with one attached hydrogen (secondary N) is 1. The molecule has 1 rings (SSSR count). The maximum atomic E-state index is 12.7. The zero-order valence-corrected chi connectivity index (χ0v) is 11.5. The summed E-state index contributed by atoms with van der Waals surface area (Å²) in [7, 11) is 0. The predicted molar refractivity (Wildman–Crippen MR) is 76.2 cm³/mol. The summed E-state index contributed by atoms with van der Waals surface area (Å²) in [5.74, 6) is -0.405. The van der Waals surface area contributed by atoms with Gasteiger partial charge in [-0.2, -0.15) is 0 Å². The minimum atomic E-state index is -0.277. The topological polar surface area (TPSA) is 32.3 Å². The molecule has 1 aromatic carbocycles. The van der Waals surface area contributed by atoms with Gasteiger partial charge in [0, 0.05) is 19.2 Å². The van der Waals surface area contributed by atoms with Crippen molar-refractivity contribution in [2.24, 2.45) is 0 Å². The van der Waals surface area contributed by atoms with Crippen LogP contribution in [0.3, 0.4) is 0 Å². The van der Waals surface area contributed by atoms with Crippen molar-refractivity contribution in [3.05, 3.63) is 41.7 Å². The number of carbonyl (C=O) groups is 1. The van der Waals surface area contributed by atoms with Crippen LogP contribution < -0.4 is 5.32 Å². The summed E-state index contributed by atoms with van der Waals surface area (Å²) in [5.41, 5.74) is 0.806. The molecule has 19 heavy (non-hydrogen) atoms. The fourth-order valence-electron chi connectivity index (χ4n) is 1.68. The molecule has 1 amide bonds. The highest BCUT2D eigenvalue weighted by Crippen LogP contribution is 2.04. The van der Waals surface area contributed by atoms with Crippen LogP contribution in [0.5, 0.6) is 0 Å². The molecule has 0 saturated heterocycles. The fraction of sp³-hybridized carbons (Fsp3) is 0.400. The van der Waals surface area contributed by atoms with E-state index in [1.54, 1.807) is 18.2 Å². The molecule has 0 spiro atoms. The number of nitrogens with zero attached hydrogens (tertiary/aromatic N) is 1. The molecule has 1 aromatic rings. The first kappa shape index (κ1) is 15.4. The van der Waals surface area contributed by atoms with Crippen molar-refractivity contribution < 1.29 is 9.18 Å². The largest absolute Gasteiger partial charge is 0.351 e. The molecule has 1 N–H and O–H groups in total. The highest BCUT2D eigenvalue weighted by molar-refractivity contribution is 5.91. The second kappa shape index (κ2) is 8.43. The van der Waals surface area contributed by atoms with Gasteiger partial charge in [0.2, 0.25) is 5.91 Å². The highest BCUT2D eigenvalue weighted by atomic mass is 19.1. The van der Waals surface area contributed by atoms with E-state index in [9.17, 15) is 9.18 Å². The molecule has 0 aliphatic heterocycles. The predicted octanol–water partition coefficient (Wildman–Crippen LogP) is 2.30. The van der Waals surface area contributed by atoms with Crippen LogP contribution in [0.4, 0.5) is 4.39 Å². The number of hydrogen-bond acceptors (Lipinski definition) is 2. The first-order chi connectivity index (χ1) is 9.15. The van der Waals surface area contributed by atoms with Crippen LogP contribution >= 0.6 is 0 Å². The van der Waals surface area contributed by atoms with Crippen LogP contribution in [-0.2, 0) is 4.79 Å². The van der Waals surface area contributed by atoms with E-state index in [1.807, 2.05) is 0 Å². The van der Waals surface area contributed by atoms with Gasteiger partial charge in [-0.3, -0.25) is 4.79 Å². The van der Waals surface area contributed by atoms with Crippen LogP contribution in [0.1, 0.15) is 19.4 Å². The number of amides is 1. The Morgan fingerprint density at radius 2 is 1.89 bits per heavy atom. The van der Waals surface area contributed by atoms with Crippen molar-refractivity contribution in [1.82, 2.24) is 10.2 Å². The van der Waals surface area contributed by atoms with E-state index < -0.39 is 0 Å². The van der Waals surface area contributed by atoms with Gasteiger partial charge < -0.3 is 10.2 Å². The van der Waals surface area contributed by atoms with Gasteiger partial charge in [-0.1, -0.05) is 26.0 Å². The van der Waals surface area contributed by atoms with Crippen LogP contribution in [0.25, 0.3) is 6.08 Å². The first-order valence-electron chi connectivity index (χ1n) is 6.59. The summed E-state index contributed by atoms with van der Waals surface area (Å²) >= 11 is 0. The fourth-order valence-corrected chi connectivity index (χ4v) is 1.68. The number of benzene rings is 1. The number of likely N-dealkylation sites (N-methyl/N-ethyl adjacent to an activating group) is 1. The van der Waals surface area contributed by atoms with E-state index in [1.165, 1.54) is 18.2 Å². The molecule has 0 aliphatic rings. The Bertz CT molecular complexity index is 411. The van der Waals surface area contributed by atoms with Gasteiger partial charge in [-0.15, -0.1) is 0 Å². The summed E-state index contributed by atoms with van der Waals surface area (Å²) in [6.45, 7) is 7.65. The van der Waals surface area contributed by atoms with E-state index in [0.717, 1.165) is 25.2 Å². The zero-order chi connectivity index (χ0) is 14.1. The molecule has 3 nitrogen and oxygen atoms in total. The van der Waals surface area contributed by atoms with Crippen molar-refractivity contribution >= 4 is 12.0 Å². The number of halogens is 1. The van der Waals surface area contributed by atoms with Crippen LogP contribution in [0.2, 0.25) is 0 Å². The lowest BCUT2D eigenvalue weighted by atomic mass is 10.2. The molecule has 104 valence electrons. The standard InChI is InChI=1S/C15H21FN2O/c1-3-18(4-2)12-11-17-15(19)10-7-13-5-8-14(16)9-6-13/h5-10H,3-4,11-12H2,1-2H3,(H,17,19)/b10-7+. The van der Waals surface area contributed by atoms with Crippen LogP contribution in [-0.4, -0.2) is 37.0 Å². The SMILES string of the molecule is CCN(CC)CCNC(=O)/C=C/c1ccc(F)cc1. The Labute approximate surface area is 114 Å². The number of carbonyl (C=O) groups excluding carboxylic acids is 1. The third kappa shape index (κ3) is 6.15. The molecule has 0 bridgehead atoms. The third-order valence-electron chi connectivity index (χ3n) is 2.92. The van der Waals surface area contributed by atoms with Crippen LogP contribution in [0, 0.1) is 5.82 Å². The second-order valence-corrected chi connectivity index (χ2v) is 4.20. The molecule has 0 unspecified atom stereocenters. The molecule has 0 fully saturated rings. The summed E-state index contributed by atoms with van der Waals surface area (Å²) in [6, 6.07) is 6.01. The Balaban J connectivity index is 2.32. The molecule has 0 heterocycles. The lowest BCUT2D eigenvalue weighted by Gasteiger charge is -2.17. The van der Waals surface area contributed by atoms with Gasteiger partial charge in [0.1, 0.15) is 5.82 Å². The highest BCUT2D eigenvalue weighted by Gasteiger charge is 1.99. The summed E-state index contributed by atoms with van der Waals surface area (Å²) < 4.78 is 12.7. The van der Waals surface area contributed by atoms with Gasteiger partial charge in [0.05, 0.1) is 0 Å². The molecular formula is C15H21FN2O. The molecule has 0 saturated carbocycles. The van der Waals surface area contributed by atoms with E-state index in [0.29, 0.717) is 6.54 Å². The Morgan fingerprint density at radius 1 is 1.26 bits per heavy atom. The molecule has 0 atom stereocenters. The van der Waals surface area contributed by atoms with E-state index in [2.05, 4.69) is 24.1 Å². The van der Waals surface area contributed by atoms with Gasteiger partial charge >= 0.3 is 0 Å². The smallest absolute Gasteiger partial charge is 0.244 e. The van der Waals surface area contributed by atoms with Gasteiger partial charge in [0.15, 0.2) is 0 Å². The maximum absolute atomic E-state index is 12.7. The van der Waals surface area contributed by atoms with E-state index >= 15 is 0 Å². The average molecular weight is 264 g/mol. The van der Waals surface area contributed by atoms with Gasteiger partial charge in [-0.05, 0) is 36.9 Å². The van der Waals surface area contributed by atoms with E-state index in [4.69, 9.17) is 0 Å². The normalized spacial score (nSPS) is 11.2. The first-order valence-corrected chi connectivity index (χ1v) is 6.59. The maximum Gasteiger partial charge on any atom is 0.244 e. The average Bonchev–Trinajstić information content (AvgIpc) is 2.43. The summed E-state index contributed by atoms with van der Waals surface area (Å²) in [6.07, 6.45) is 3.14. The molecule has 0 aliphatic carbocycles. The third-order valence-corrected chi connectivity index (χ3v) is 2.92. The van der Waals surface area contributed by atoms with Crippen molar-refractivity contribution in [2.75, 3.05) is 26.2 Å². The molecule has 0 radical (unpaired) electrons. The summed E-state index contributed by atoms with van der Waals surface area (Å²) in [4.78, 5) is 13.8. The molecule has 0 aromatic heterocycles. The molecule has 4 heteroatoms. The van der Waals surface area contributed by atoms with Gasteiger partial charge in [0.25, 0.3) is 0 Å². The quantitative estimate of drug-likeness (QED) is 0.766. The number of hydrogen-bond donors (Lipinski definition) is 1. The Kier molecular flexibility index (Phi) is 6.82. The van der Waals surface area contributed by atoms with Crippen molar-refractivity contribution in [2.45, 2.75) is 13.8 Å². The zero-order valence-electron chi connectivity index (χ0n) is 11.5. The second-order valence-electron chi connectivity index (χ2n) is 4.20. The summed E-state index contributed by atoms with van der Waals surface area (Å²) in [5, 5.41) is 2.82. The monoisotopic (exact) mass is 264 g/mol. The minimum absolute atomic E-state index is 0.128. The van der Waals surface area contributed by atoms with Crippen LogP contribution in [0.15, 0.2) is 30.3 Å².